The fourth-order valence-corrected chi connectivity index (χ4v) is 3.29. The number of piperidine rings is 1. The summed E-state index contributed by atoms with van der Waals surface area (Å²) in [6.07, 6.45) is 2.15. The van der Waals surface area contributed by atoms with Gasteiger partial charge in [-0.05, 0) is 43.0 Å². The Morgan fingerprint density at radius 2 is 2.00 bits per heavy atom. The molecule has 1 fully saturated rings. The van der Waals surface area contributed by atoms with Gasteiger partial charge in [0.05, 0.1) is 0 Å². The smallest absolute Gasteiger partial charge is 0.273 e. The number of hydrogen-bond acceptors (Lipinski definition) is 4. The Labute approximate surface area is 139 Å². The van der Waals surface area contributed by atoms with E-state index < -0.39 is 0 Å². The van der Waals surface area contributed by atoms with Crippen LogP contribution in [0.4, 0.5) is 10.8 Å². The second kappa shape index (κ2) is 6.67. The Kier molecular flexibility index (Phi) is 4.64. The molecule has 4 nitrogen and oxygen atoms in total. The summed E-state index contributed by atoms with van der Waals surface area (Å²) >= 11 is 7.30. The molecule has 0 radical (unpaired) electrons. The summed E-state index contributed by atoms with van der Waals surface area (Å²) in [5.74, 6) is 0.744. The molecule has 6 heteroatoms. The van der Waals surface area contributed by atoms with Crippen LogP contribution in [0.15, 0.2) is 29.6 Å². The number of amides is 1. The molecule has 22 heavy (non-hydrogen) atoms. The van der Waals surface area contributed by atoms with Gasteiger partial charge in [0.2, 0.25) is 0 Å². The molecule has 1 aliphatic heterocycles. The largest absolute Gasteiger partial charge is 0.337 e. The first-order valence-corrected chi connectivity index (χ1v) is 8.65. The Hall–Kier alpha value is -1.59. The minimum Gasteiger partial charge on any atom is -0.337 e. The average molecular weight is 336 g/mol. The Morgan fingerprint density at radius 1 is 1.32 bits per heavy atom. The summed E-state index contributed by atoms with van der Waals surface area (Å²) in [6.45, 7) is 3.90. The van der Waals surface area contributed by atoms with E-state index in [1.165, 1.54) is 11.3 Å². The number of halogens is 1. The highest BCUT2D eigenvalue weighted by molar-refractivity contribution is 7.14. The lowest BCUT2D eigenvalue weighted by Gasteiger charge is -2.29. The topological polar surface area (TPSA) is 45.2 Å². The van der Waals surface area contributed by atoms with Gasteiger partial charge < -0.3 is 10.2 Å². The van der Waals surface area contributed by atoms with Crippen LogP contribution in [-0.4, -0.2) is 28.9 Å². The van der Waals surface area contributed by atoms with Crippen LogP contribution in [0.2, 0.25) is 5.02 Å². The van der Waals surface area contributed by atoms with E-state index in [9.17, 15) is 4.79 Å². The van der Waals surface area contributed by atoms with Gasteiger partial charge in [0.25, 0.3) is 5.91 Å². The zero-order valence-corrected chi connectivity index (χ0v) is 14.0. The van der Waals surface area contributed by atoms with Crippen LogP contribution in [0.1, 0.15) is 30.3 Å². The normalized spacial score (nSPS) is 15.8. The Morgan fingerprint density at radius 3 is 2.68 bits per heavy atom. The van der Waals surface area contributed by atoms with Crippen LogP contribution in [0.5, 0.6) is 0 Å². The molecule has 116 valence electrons. The number of likely N-dealkylation sites (tertiary alicyclic amines) is 1. The maximum Gasteiger partial charge on any atom is 0.273 e. The van der Waals surface area contributed by atoms with Crippen molar-refractivity contribution in [2.75, 3.05) is 18.4 Å². The number of benzene rings is 1. The first-order valence-electron chi connectivity index (χ1n) is 7.39. The van der Waals surface area contributed by atoms with Gasteiger partial charge in [-0.25, -0.2) is 4.98 Å². The second-order valence-electron chi connectivity index (χ2n) is 5.64. The van der Waals surface area contributed by atoms with Gasteiger partial charge in [-0.1, -0.05) is 18.5 Å². The van der Waals surface area contributed by atoms with Gasteiger partial charge >= 0.3 is 0 Å². The molecule has 1 aromatic heterocycles. The number of hydrogen-bond donors (Lipinski definition) is 1. The SMILES string of the molecule is CC1CCN(C(=O)c2csc(Nc3ccc(Cl)cc3)n2)CC1. The highest BCUT2D eigenvalue weighted by Gasteiger charge is 2.23. The van der Waals surface area contributed by atoms with E-state index in [2.05, 4.69) is 17.2 Å². The van der Waals surface area contributed by atoms with Crippen molar-refractivity contribution in [3.63, 3.8) is 0 Å². The minimum atomic E-state index is 0.0345. The molecule has 1 aliphatic rings. The highest BCUT2D eigenvalue weighted by atomic mass is 35.5. The molecule has 1 amide bonds. The molecule has 2 heterocycles. The quantitative estimate of drug-likeness (QED) is 0.903. The lowest BCUT2D eigenvalue weighted by atomic mass is 9.99. The summed E-state index contributed by atoms with van der Waals surface area (Å²) in [6, 6.07) is 7.41. The third-order valence-corrected chi connectivity index (χ3v) is 4.90. The molecule has 0 bridgehead atoms. The zero-order chi connectivity index (χ0) is 15.5. The van der Waals surface area contributed by atoms with Gasteiger partial charge in [0, 0.05) is 29.2 Å². The van der Waals surface area contributed by atoms with Crippen molar-refractivity contribution >= 4 is 39.7 Å². The van der Waals surface area contributed by atoms with Gasteiger partial charge in [-0.15, -0.1) is 11.3 Å². The van der Waals surface area contributed by atoms with Crippen molar-refractivity contribution in [3.8, 4) is 0 Å². The third kappa shape index (κ3) is 3.59. The van der Waals surface area contributed by atoms with E-state index in [0.29, 0.717) is 16.6 Å². The van der Waals surface area contributed by atoms with Gasteiger partial charge in [-0.2, -0.15) is 0 Å². The number of anilines is 2. The molecule has 1 aromatic carbocycles. The number of nitrogens with one attached hydrogen (secondary N) is 1. The molecule has 0 aliphatic carbocycles. The number of aromatic nitrogens is 1. The highest BCUT2D eigenvalue weighted by Crippen LogP contribution is 2.24. The van der Waals surface area contributed by atoms with Gasteiger partial charge in [0.1, 0.15) is 5.69 Å². The van der Waals surface area contributed by atoms with Crippen LogP contribution < -0.4 is 5.32 Å². The predicted octanol–water partition coefficient (Wildman–Crippen LogP) is 4.41. The first-order chi connectivity index (χ1) is 10.6. The van der Waals surface area contributed by atoms with Crippen molar-refractivity contribution in [2.45, 2.75) is 19.8 Å². The molecule has 0 atom stereocenters. The monoisotopic (exact) mass is 335 g/mol. The fourth-order valence-electron chi connectivity index (χ4n) is 2.46. The van der Waals surface area contributed by atoms with Crippen molar-refractivity contribution < 1.29 is 4.79 Å². The van der Waals surface area contributed by atoms with Crippen LogP contribution in [0, 0.1) is 5.92 Å². The molecule has 0 saturated carbocycles. The lowest BCUT2D eigenvalue weighted by molar-refractivity contribution is 0.0692. The van der Waals surface area contributed by atoms with Crippen LogP contribution in [0.3, 0.4) is 0 Å². The van der Waals surface area contributed by atoms with E-state index in [4.69, 9.17) is 11.6 Å². The fraction of sp³-hybridized carbons (Fsp3) is 0.375. The van der Waals surface area contributed by atoms with E-state index in [-0.39, 0.29) is 5.91 Å². The average Bonchev–Trinajstić information content (AvgIpc) is 2.98. The number of nitrogens with zero attached hydrogens (tertiary/aromatic N) is 2. The van der Waals surface area contributed by atoms with Crippen LogP contribution in [-0.2, 0) is 0 Å². The molecule has 2 aromatic rings. The van der Waals surface area contributed by atoms with E-state index in [1.54, 1.807) is 0 Å². The summed E-state index contributed by atoms with van der Waals surface area (Å²) < 4.78 is 0. The number of carbonyl (C=O) groups is 1. The zero-order valence-electron chi connectivity index (χ0n) is 12.4. The first kappa shape index (κ1) is 15.3. The number of rotatable bonds is 3. The van der Waals surface area contributed by atoms with E-state index in [0.717, 1.165) is 36.8 Å². The van der Waals surface area contributed by atoms with Crippen LogP contribution in [0.25, 0.3) is 0 Å². The lowest BCUT2D eigenvalue weighted by Crippen LogP contribution is -2.38. The molecule has 0 unspecified atom stereocenters. The third-order valence-electron chi connectivity index (χ3n) is 3.89. The number of carbonyl (C=O) groups excluding carboxylic acids is 1. The van der Waals surface area contributed by atoms with Crippen molar-refractivity contribution in [1.82, 2.24) is 9.88 Å². The molecular weight excluding hydrogens is 318 g/mol. The van der Waals surface area contributed by atoms with Crippen molar-refractivity contribution in [3.05, 3.63) is 40.4 Å². The number of thiazole rings is 1. The van der Waals surface area contributed by atoms with Gasteiger partial charge in [-0.3, -0.25) is 4.79 Å². The summed E-state index contributed by atoms with van der Waals surface area (Å²) in [4.78, 5) is 18.8. The maximum absolute atomic E-state index is 12.4. The minimum absolute atomic E-state index is 0.0345. The second-order valence-corrected chi connectivity index (χ2v) is 6.94. The molecular formula is C16H18ClN3OS. The van der Waals surface area contributed by atoms with E-state index in [1.807, 2.05) is 34.5 Å². The summed E-state index contributed by atoms with van der Waals surface area (Å²) in [7, 11) is 0. The Balaban J connectivity index is 1.65. The Bertz CT molecular complexity index is 648. The maximum atomic E-state index is 12.4. The molecule has 0 spiro atoms. The van der Waals surface area contributed by atoms with E-state index >= 15 is 0 Å². The van der Waals surface area contributed by atoms with Gasteiger partial charge in [0.15, 0.2) is 5.13 Å². The summed E-state index contributed by atoms with van der Waals surface area (Å²) in [5, 5.41) is 6.43. The molecule has 3 rings (SSSR count). The predicted molar refractivity (Wildman–Crippen MR) is 91.2 cm³/mol. The van der Waals surface area contributed by atoms with Crippen LogP contribution >= 0.6 is 22.9 Å². The van der Waals surface area contributed by atoms with Crippen molar-refractivity contribution in [2.24, 2.45) is 5.92 Å². The molecule has 1 saturated heterocycles. The standard InChI is InChI=1S/C16H18ClN3OS/c1-11-6-8-20(9-7-11)15(21)14-10-22-16(19-14)18-13-4-2-12(17)3-5-13/h2-5,10-11H,6-9H2,1H3,(H,18,19). The summed E-state index contributed by atoms with van der Waals surface area (Å²) in [5.41, 5.74) is 1.43. The van der Waals surface area contributed by atoms with Crippen molar-refractivity contribution in [1.29, 1.82) is 0 Å². The molecule has 1 N–H and O–H groups in total.